The SMILES string of the molecule is CCOc1cc(C=NO)cc(Br)c1OCc1cccc2ccccc12. The molecule has 0 unspecified atom stereocenters. The van der Waals surface area contributed by atoms with E-state index >= 15 is 0 Å². The van der Waals surface area contributed by atoms with Gasteiger partial charge in [-0.3, -0.25) is 0 Å². The topological polar surface area (TPSA) is 51.0 Å². The summed E-state index contributed by atoms with van der Waals surface area (Å²) in [4.78, 5) is 0. The number of hydrogen-bond donors (Lipinski definition) is 1. The smallest absolute Gasteiger partial charge is 0.175 e. The summed E-state index contributed by atoms with van der Waals surface area (Å²) in [5, 5.41) is 14.2. The molecule has 0 heterocycles. The average Bonchev–Trinajstić information content (AvgIpc) is 2.61. The van der Waals surface area contributed by atoms with Gasteiger partial charge in [0.25, 0.3) is 0 Å². The maximum Gasteiger partial charge on any atom is 0.175 e. The Morgan fingerprint density at radius 1 is 1.08 bits per heavy atom. The Hall–Kier alpha value is -2.53. The van der Waals surface area contributed by atoms with Crippen LogP contribution >= 0.6 is 15.9 Å². The zero-order valence-corrected chi connectivity index (χ0v) is 15.4. The average molecular weight is 400 g/mol. The van der Waals surface area contributed by atoms with Gasteiger partial charge in [-0.25, -0.2) is 0 Å². The highest BCUT2D eigenvalue weighted by molar-refractivity contribution is 9.10. The van der Waals surface area contributed by atoms with Crippen LogP contribution in [0.15, 0.2) is 64.2 Å². The van der Waals surface area contributed by atoms with Crippen molar-refractivity contribution >= 4 is 32.9 Å². The maximum atomic E-state index is 8.74. The minimum atomic E-state index is 0.424. The van der Waals surface area contributed by atoms with E-state index in [9.17, 15) is 0 Å². The highest BCUT2D eigenvalue weighted by Gasteiger charge is 2.13. The van der Waals surface area contributed by atoms with Crippen molar-refractivity contribution < 1.29 is 14.7 Å². The highest BCUT2D eigenvalue weighted by Crippen LogP contribution is 2.37. The third-order valence-corrected chi connectivity index (χ3v) is 4.38. The Morgan fingerprint density at radius 3 is 2.68 bits per heavy atom. The lowest BCUT2D eigenvalue weighted by atomic mass is 10.1. The van der Waals surface area contributed by atoms with E-state index < -0.39 is 0 Å². The first-order valence-electron chi connectivity index (χ1n) is 7.96. The summed E-state index contributed by atoms with van der Waals surface area (Å²) in [5.41, 5.74) is 1.82. The van der Waals surface area contributed by atoms with E-state index in [0.29, 0.717) is 24.7 Å². The zero-order chi connectivity index (χ0) is 17.6. The monoisotopic (exact) mass is 399 g/mol. The van der Waals surface area contributed by atoms with Gasteiger partial charge in [-0.05, 0) is 51.3 Å². The Bertz CT molecular complexity index is 903. The van der Waals surface area contributed by atoms with Crippen molar-refractivity contribution in [3.8, 4) is 11.5 Å². The lowest BCUT2D eigenvalue weighted by Gasteiger charge is -2.15. The molecule has 1 N–H and O–H groups in total. The van der Waals surface area contributed by atoms with E-state index in [1.54, 1.807) is 6.07 Å². The molecule has 4 nitrogen and oxygen atoms in total. The molecule has 0 saturated heterocycles. The molecule has 3 aromatic rings. The van der Waals surface area contributed by atoms with Crippen LogP contribution in [0, 0.1) is 0 Å². The molecule has 0 aliphatic carbocycles. The fourth-order valence-corrected chi connectivity index (χ4v) is 3.27. The minimum absolute atomic E-state index is 0.424. The second-order valence-electron chi connectivity index (χ2n) is 5.43. The molecule has 0 amide bonds. The summed E-state index contributed by atoms with van der Waals surface area (Å²) < 4.78 is 12.5. The van der Waals surface area contributed by atoms with Crippen LogP contribution in [0.25, 0.3) is 10.8 Å². The van der Waals surface area contributed by atoms with Crippen LogP contribution < -0.4 is 9.47 Å². The fourth-order valence-electron chi connectivity index (χ4n) is 2.70. The number of benzene rings is 3. The van der Waals surface area contributed by atoms with Crippen LogP contribution in [0.2, 0.25) is 0 Å². The molecule has 3 aromatic carbocycles. The summed E-state index contributed by atoms with van der Waals surface area (Å²) in [5.74, 6) is 1.23. The van der Waals surface area contributed by atoms with E-state index in [0.717, 1.165) is 15.6 Å². The lowest BCUT2D eigenvalue weighted by Crippen LogP contribution is -2.02. The molecule has 0 aromatic heterocycles. The van der Waals surface area contributed by atoms with Gasteiger partial charge in [-0.15, -0.1) is 0 Å². The quantitative estimate of drug-likeness (QED) is 0.343. The molecule has 0 spiro atoms. The largest absolute Gasteiger partial charge is 0.490 e. The second kappa shape index (κ2) is 8.03. The Kier molecular flexibility index (Phi) is 5.56. The Labute approximate surface area is 154 Å². The fraction of sp³-hybridized carbons (Fsp3) is 0.150. The van der Waals surface area contributed by atoms with E-state index in [1.165, 1.54) is 17.0 Å². The van der Waals surface area contributed by atoms with Crippen LogP contribution in [-0.4, -0.2) is 18.0 Å². The van der Waals surface area contributed by atoms with Gasteiger partial charge in [0.2, 0.25) is 0 Å². The molecule has 0 bridgehead atoms. The maximum absolute atomic E-state index is 8.74. The number of ether oxygens (including phenoxy) is 2. The standard InChI is InChI=1S/C20H18BrNO3/c1-2-24-19-11-14(12-22-23)10-18(21)20(19)25-13-16-8-5-7-15-6-3-4-9-17(15)16/h3-12,23H,2,13H2,1H3. The van der Waals surface area contributed by atoms with Crippen molar-refractivity contribution in [1.29, 1.82) is 0 Å². The predicted molar refractivity (Wildman–Crippen MR) is 103 cm³/mol. The van der Waals surface area contributed by atoms with Crippen molar-refractivity contribution in [2.45, 2.75) is 13.5 Å². The summed E-state index contributed by atoms with van der Waals surface area (Å²) in [7, 11) is 0. The van der Waals surface area contributed by atoms with Crippen LogP contribution in [0.1, 0.15) is 18.1 Å². The van der Waals surface area contributed by atoms with E-state index in [4.69, 9.17) is 14.7 Å². The van der Waals surface area contributed by atoms with Gasteiger partial charge in [-0.2, -0.15) is 0 Å². The van der Waals surface area contributed by atoms with E-state index in [-0.39, 0.29) is 0 Å². The number of halogens is 1. The number of nitrogens with zero attached hydrogens (tertiary/aromatic N) is 1. The molecule has 0 aliphatic rings. The van der Waals surface area contributed by atoms with Crippen molar-refractivity contribution in [2.75, 3.05) is 6.61 Å². The van der Waals surface area contributed by atoms with Crippen LogP contribution in [0.5, 0.6) is 11.5 Å². The third-order valence-electron chi connectivity index (χ3n) is 3.79. The molecule has 5 heteroatoms. The predicted octanol–water partition coefficient (Wildman–Crippen LogP) is 5.39. The molecule has 0 saturated carbocycles. The van der Waals surface area contributed by atoms with E-state index in [2.05, 4.69) is 45.4 Å². The first-order valence-corrected chi connectivity index (χ1v) is 8.75. The van der Waals surface area contributed by atoms with Crippen molar-refractivity contribution in [3.63, 3.8) is 0 Å². The molecule has 128 valence electrons. The summed E-state index contributed by atoms with van der Waals surface area (Å²) >= 11 is 3.51. The Balaban J connectivity index is 1.91. The number of fused-ring (bicyclic) bond motifs is 1. The lowest BCUT2D eigenvalue weighted by molar-refractivity contribution is 0.268. The number of oxime groups is 1. The van der Waals surface area contributed by atoms with Gasteiger partial charge < -0.3 is 14.7 Å². The number of rotatable bonds is 6. The van der Waals surface area contributed by atoms with Crippen molar-refractivity contribution in [2.24, 2.45) is 5.16 Å². The molecule has 0 fully saturated rings. The molecule has 0 aliphatic heterocycles. The first kappa shape index (κ1) is 17.3. The van der Waals surface area contributed by atoms with Gasteiger partial charge in [0.05, 0.1) is 17.3 Å². The zero-order valence-electron chi connectivity index (χ0n) is 13.8. The highest BCUT2D eigenvalue weighted by atomic mass is 79.9. The summed E-state index contributed by atoms with van der Waals surface area (Å²) in [6.07, 6.45) is 1.35. The molecule has 3 rings (SSSR count). The summed E-state index contributed by atoms with van der Waals surface area (Å²) in [6, 6.07) is 18.0. The van der Waals surface area contributed by atoms with Crippen molar-refractivity contribution in [1.82, 2.24) is 0 Å². The van der Waals surface area contributed by atoms with Gasteiger partial charge in [0.15, 0.2) is 11.5 Å². The molecule has 0 atom stereocenters. The second-order valence-corrected chi connectivity index (χ2v) is 6.29. The van der Waals surface area contributed by atoms with Gasteiger partial charge in [0, 0.05) is 5.56 Å². The Morgan fingerprint density at radius 2 is 1.88 bits per heavy atom. The summed E-state index contributed by atoms with van der Waals surface area (Å²) in [6.45, 7) is 2.85. The van der Waals surface area contributed by atoms with Crippen LogP contribution in [0.3, 0.4) is 0 Å². The number of hydrogen-bond acceptors (Lipinski definition) is 4. The third kappa shape index (κ3) is 3.94. The molecule has 25 heavy (non-hydrogen) atoms. The molecular weight excluding hydrogens is 382 g/mol. The van der Waals surface area contributed by atoms with Crippen LogP contribution in [-0.2, 0) is 6.61 Å². The van der Waals surface area contributed by atoms with Gasteiger partial charge in [0.1, 0.15) is 6.61 Å². The van der Waals surface area contributed by atoms with Gasteiger partial charge >= 0.3 is 0 Å². The minimum Gasteiger partial charge on any atom is -0.490 e. The molecule has 0 radical (unpaired) electrons. The van der Waals surface area contributed by atoms with E-state index in [1.807, 2.05) is 31.2 Å². The molecular formula is C20H18BrNO3. The van der Waals surface area contributed by atoms with Crippen LogP contribution in [0.4, 0.5) is 0 Å². The van der Waals surface area contributed by atoms with Crippen molar-refractivity contribution in [3.05, 3.63) is 70.2 Å². The van der Waals surface area contributed by atoms with Gasteiger partial charge in [-0.1, -0.05) is 47.6 Å². The first-order chi connectivity index (χ1) is 12.2. The normalized spacial score (nSPS) is 11.1.